The van der Waals surface area contributed by atoms with E-state index in [0.717, 1.165) is 32.1 Å². The molecule has 0 radical (unpaired) electrons. The molecule has 3 aromatic rings. The van der Waals surface area contributed by atoms with Crippen LogP contribution in [0.1, 0.15) is 56.1 Å². The van der Waals surface area contributed by atoms with Gasteiger partial charge in [0.25, 0.3) is 0 Å². The van der Waals surface area contributed by atoms with E-state index in [-0.39, 0.29) is 18.1 Å². The van der Waals surface area contributed by atoms with Crippen molar-refractivity contribution in [3.63, 3.8) is 0 Å². The topological polar surface area (TPSA) is 107 Å². The number of nitrogens with zero attached hydrogens (tertiary/aromatic N) is 4. The monoisotopic (exact) mass is 399 g/mol. The van der Waals surface area contributed by atoms with Gasteiger partial charge in [-0.3, -0.25) is 4.79 Å². The standard InChI is InChI=1S/C20H22FN5O3/c1-13-22-19(26-28-13)20(11-3-2-4-12-20)24-16(27)9-10-17-23-18(25-29-17)14-5-7-15(21)8-6-14/h5-8H,2-4,9-12H2,1H3,(H,24,27). The van der Waals surface area contributed by atoms with Gasteiger partial charge in [-0.2, -0.15) is 9.97 Å². The maximum atomic E-state index is 13.0. The third-order valence-electron chi connectivity index (χ3n) is 5.18. The van der Waals surface area contributed by atoms with E-state index < -0.39 is 5.54 Å². The van der Waals surface area contributed by atoms with Crippen molar-refractivity contribution < 1.29 is 18.2 Å². The number of hydrogen-bond donors (Lipinski definition) is 1. The van der Waals surface area contributed by atoms with E-state index in [4.69, 9.17) is 9.05 Å². The summed E-state index contributed by atoms with van der Waals surface area (Å²) in [5, 5.41) is 11.1. The van der Waals surface area contributed by atoms with Crippen molar-refractivity contribution in [1.82, 2.24) is 25.6 Å². The summed E-state index contributed by atoms with van der Waals surface area (Å²) in [6, 6.07) is 5.83. The molecule has 1 aliphatic carbocycles. The van der Waals surface area contributed by atoms with Gasteiger partial charge in [0.05, 0.1) is 0 Å². The summed E-state index contributed by atoms with van der Waals surface area (Å²) in [6.07, 6.45) is 5.20. The molecule has 1 amide bonds. The predicted molar refractivity (Wildman–Crippen MR) is 100.0 cm³/mol. The van der Waals surface area contributed by atoms with Gasteiger partial charge in [-0.25, -0.2) is 4.39 Å². The van der Waals surface area contributed by atoms with Crippen LogP contribution in [0.2, 0.25) is 0 Å². The molecular weight excluding hydrogens is 377 g/mol. The third kappa shape index (κ3) is 4.33. The summed E-state index contributed by atoms with van der Waals surface area (Å²) in [7, 11) is 0. The highest BCUT2D eigenvalue weighted by Gasteiger charge is 2.39. The number of rotatable bonds is 6. The third-order valence-corrected chi connectivity index (χ3v) is 5.18. The van der Waals surface area contributed by atoms with Crippen molar-refractivity contribution in [3.8, 4) is 11.4 Å². The molecule has 0 bridgehead atoms. The number of aryl methyl sites for hydroxylation is 2. The summed E-state index contributed by atoms with van der Waals surface area (Å²) in [5.41, 5.74) is 0.0702. The van der Waals surface area contributed by atoms with E-state index >= 15 is 0 Å². The van der Waals surface area contributed by atoms with E-state index in [9.17, 15) is 9.18 Å². The van der Waals surface area contributed by atoms with Crippen LogP contribution in [0.3, 0.4) is 0 Å². The van der Waals surface area contributed by atoms with Gasteiger partial charge >= 0.3 is 0 Å². The van der Waals surface area contributed by atoms with E-state index in [1.165, 1.54) is 12.1 Å². The molecule has 8 nitrogen and oxygen atoms in total. The number of carbonyl (C=O) groups is 1. The molecule has 0 saturated heterocycles. The first-order valence-electron chi connectivity index (χ1n) is 9.74. The fraction of sp³-hybridized carbons (Fsp3) is 0.450. The number of amides is 1. The Morgan fingerprint density at radius 1 is 1.10 bits per heavy atom. The van der Waals surface area contributed by atoms with E-state index in [1.54, 1.807) is 19.1 Å². The molecule has 1 fully saturated rings. The van der Waals surface area contributed by atoms with E-state index in [0.29, 0.717) is 35.4 Å². The lowest BCUT2D eigenvalue weighted by molar-refractivity contribution is -0.123. The zero-order chi connectivity index (χ0) is 20.3. The molecule has 9 heteroatoms. The van der Waals surface area contributed by atoms with Gasteiger partial charge in [0.15, 0.2) is 5.82 Å². The second-order valence-corrected chi connectivity index (χ2v) is 7.35. The minimum absolute atomic E-state index is 0.129. The fourth-order valence-electron chi connectivity index (χ4n) is 3.68. The number of aromatic nitrogens is 4. The quantitative estimate of drug-likeness (QED) is 0.676. The Labute approximate surface area is 166 Å². The summed E-state index contributed by atoms with van der Waals surface area (Å²) in [5.74, 6) is 1.29. The van der Waals surface area contributed by atoms with Crippen LogP contribution >= 0.6 is 0 Å². The Morgan fingerprint density at radius 3 is 2.55 bits per heavy atom. The maximum Gasteiger partial charge on any atom is 0.227 e. The Kier molecular flexibility index (Phi) is 5.37. The second kappa shape index (κ2) is 8.10. The lowest BCUT2D eigenvalue weighted by atomic mass is 9.81. The molecule has 0 spiro atoms. The Morgan fingerprint density at radius 2 is 1.86 bits per heavy atom. The normalized spacial score (nSPS) is 15.9. The van der Waals surface area contributed by atoms with Crippen LogP contribution in [0.15, 0.2) is 33.3 Å². The summed E-state index contributed by atoms with van der Waals surface area (Å²) in [4.78, 5) is 21.3. The molecule has 29 heavy (non-hydrogen) atoms. The molecule has 1 saturated carbocycles. The average Bonchev–Trinajstić information content (AvgIpc) is 3.37. The van der Waals surface area contributed by atoms with E-state index in [1.807, 2.05) is 0 Å². The molecule has 152 valence electrons. The number of halogens is 1. The highest BCUT2D eigenvalue weighted by atomic mass is 19.1. The zero-order valence-electron chi connectivity index (χ0n) is 16.2. The largest absolute Gasteiger partial charge is 0.343 e. The van der Waals surface area contributed by atoms with Crippen LogP contribution in [-0.2, 0) is 16.8 Å². The number of benzene rings is 1. The van der Waals surface area contributed by atoms with Crippen LogP contribution in [0, 0.1) is 12.7 Å². The Balaban J connectivity index is 1.39. The highest BCUT2D eigenvalue weighted by molar-refractivity contribution is 5.77. The molecule has 0 atom stereocenters. The van der Waals surface area contributed by atoms with Gasteiger partial charge in [0, 0.05) is 25.3 Å². The number of nitrogens with one attached hydrogen (secondary N) is 1. The second-order valence-electron chi connectivity index (χ2n) is 7.35. The molecule has 2 aromatic heterocycles. The van der Waals surface area contributed by atoms with Crippen LogP contribution in [-0.4, -0.2) is 26.2 Å². The maximum absolute atomic E-state index is 13.0. The SMILES string of the molecule is Cc1nc(C2(NC(=O)CCc3nc(-c4ccc(F)cc4)no3)CCCCC2)no1. The molecule has 0 unspecified atom stereocenters. The Bertz CT molecular complexity index is 976. The zero-order valence-corrected chi connectivity index (χ0v) is 16.2. The highest BCUT2D eigenvalue weighted by Crippen LogP contribution is 2.35. The molecule has 1 aromatic carbocycles. The number of hydrogen-bond acceptors (Lipinski definition) is 7. The van der Waals surface area contributed by atoms with Gasteiger partial charge in [-0.05, 0) is 37.1 Å². The average molecular weight is 399 g/mol. The van der Waals surface area contributed by atoms with Crippen molar-refractivity contribution in [1.29, 1.82) is 0 Å². The molecule has 4 rings (SSSR count). The summed E-state index contributed by atoms with van der Waals surface area (Å²) >= 11 is 0. The lowest BCUT2D eigenvalue weighted by Gasteiger charge is -2.35. The predicted octanol–water partition coefficient (Wildman–Crippen LogP) is 3.48. The minimum atomic E-state index is -0.582. The first-order chi connectivity index (χ1) is 14.0. The smallest absolute Gasteiger partial charge is 0.227 e. The Hall–Kier alpha value is -3.10. The van der Waals surface area contributed by atoms with Crippen LogP contribution in [0.25, 0.3) is 11.4 Å². The summed E-state index contributed by atoms with van der Waals surface area (Å²) < 4.78 is 23.4. The molecular formula is C20H22FN5O3. The van der Waals surface area contributed by atoms with E-state index in [2.05, 4.69) is 25.6 Å². The first-order valence-corrected chi connectivity index (χ1v) is 9.74. The van der Waals surface area contributed by atoms with Crippen molar-refractivity contribution in [2.45, 2.75) is 57.4 Å². The number of carbonyl (C=O) groups excluding carboxylic acids is 1. The van der Waals surface area contributed by atoms with Gasteiger partial charge in [0.2, 0.25) is 23.5 Å². The first kappa shape index (κ1) is 19.2. The summed E-state index contributed by atoms with van der Waals surface area (Å²) in [6.45, 7) is 1.74. The van der Waals surface area contributed by atoms with Gasteiger partial charge < -0.3 is 14.4 Å². The molecule has 1 aliphatic rings. The van der Waals surface area contributed by atoms with Gasteiger partial charge in [-0.1, -0.05) is 29.6 Å². The van der Waals surface area contributed by atoms with Gasteiger partial charge in [-0.15, -0.1) is 0 Å². The lowest BCUT2D eigenvalue weighted by Crippen LogP contribution is -2.48. The van der Waals surface area contributed by atoms with Crippen molar-refractivity contribution in [2.24, 2.45) is 0 Å². The molecule has 1 N–H and O–H groups in total. The minimum Gasteiger partial charge on any atom is -0.343 e. The van der Waals surface area contributed by atoms with Crippen molar-refractivity contribution in [2.75, 3.05) is 0 Å². The molecule has 0 aliphatic heterocycles. The fourth-order valence-corrected chi connectivity index (χ4v) is 3.68. The van der Waals surface area contributed by atoms with Crippen LogP contribution in [0.4, 0.5) is 4.39 Å². The van der Waals surface area contributed by atoms with Crippen molar-refractivity contribution >= 4 is 5.91 Å². The van der Waals surface area contributed by atoms with Crippen LogP contribution in [0.5, 0.6) is 0 Å². The van der Waals surface area contributed by atoms with Crippen LogP contribution < -0.4 is 5.32 Å². The van der Waals surface area contributed by atoms with Crippen molar-refractivity contribution in [3.05, 3.63) is 47.7 Å². The molecule has 2 heterocycles. The van der Waals surface area contributed by atoms with Gasteiger partial charge in [0.1, 0.15) is 11.4 Å².